The fourth-order valence-corrected chi connectivity index (χ4v) is 5.01. The topological polar surface area (TPSA) is 70.1 Å². The van der Waals surface area contributed by atoms with Crippen molar-refractivity contribution in [3.63, 3.8) is 0 Å². The summed E-state index contributed by atoms with van der Waals surface area (Å²) in [5.41, 5.74) is 5.44. The lowest BCUT2D eigenvalue weighted by molar-refractivity contribution is -0.000982. The van der Waals surface area contributed by atoms with E-state index in [1.54, 1.807) is 17.0 Å². The summed E-state index contributed by atoms with van der Waals surface area (Å²) in [7, 11) is 0. The van der Waals surface area contributed by atoms with Gasteiger partial charge in [0.25, 0.3) is 0 Å². The maximum Gasteiger partial charge on any atom is 0.415 e. The number of hydrogen-bond donors (Lipinski definition) is 1. The Hall–Kier alpha value is -3.64. The van der Waals surface area contributed by atoms with E-state index in [4.69, 9.17) is 9.84 Å². The third-order valence-electron chi connectivity index (χ3n) is 6.95. The van der Waals surface area contributed by atoms with E-state index >= 15 is 0 Å². The van der Waals surface area contributed by atoms with Crippen molar-refractivity contribution >= 4 is 17.7 Å². The highest BCUT2D eigenvalue weighted by molar-refractivity contribution is 5.92. The average Bonchev–Trinajstić information content (AvgIpc) is 3.17. The molecule has 0 unspecified atom stereocenters. The van der Waals surface area contributed by atoms with Gasteiger partial charge < -0.3 is 9.84 Å². The quantitative estimate of drug-likeness (QED) is 0.560. The number of aromatic carboxylic acids is 1. The number of benzene rings is 3. The molecule has 2 heterocycles. The molecule has 1 N–H and O–H groups in total. The number of carbonyl (C=O) groups is 2. The van der Waals surface area contributed by atoms with Crippen LogP contribution in [-0.2, 0) is 11.3 Å². The molecule has 2 saturated heterocycles. The van der Waals surface area contributed by atoms with Gasteiger partial charge in [0, 0.05) is 38.2 Å². The number of anilines is 1. The van der Waals surface area contributed by atoms with Crippen LogP contribution in [0.3, 0.4) is 0 Å². The van der Waals surface area contributed by atoms with Gasteiger partial charge in [-0.25, -0.2) is 9.59 Å². The highest BCUT2D eigenvalue weighted by Crippen LogP contribution is 2.36. The lowest BCUT2D eigenvalue weighted by atomic mass is 9.90. The predicted molar refractivity (Wildman–Crippen MR) is 131 cm³/mol. The van der Waals surface area contributed by atoms with E-state index in [0.717, 1.165) is 32.5 Å². The summed E-state index contributed by atoms with van der Waals surface area (Å²) in [5.74, 6) is -0.982. The molecule has 2 aliphatic heterocycles. The lowest BCUT2D eigenvalue weighted by Gasteiger charge is -2.37. The van der Waals surface area contributed by atoms with E-state index in [2.05, 4.69) is 54.3 Å². The molecule has 2 aliphatic rings. The Morgan fingerprint density at radius 3 is 2.35 bits per heavy atom. The third kappa shape index (κ3) is 4.41. The van der Waals surface area contributed by atoms with Crippen molar-refractivity contribution in [3.8, 4) is 11.1 Å². The predicted octanol–water partition coefficient (Wildman–Crippen LogP) is 5.35. The molecule has 0 aliphatic carbocycles. The first-order valence-corrected chi connectivity index (χ1v) is 11.6. The Balaban J connectivity index is 1.21. The molecule has 0 atom stereocenters. The summed E-state index contributed by atoms with van der Waals surface area (Å²) >= 11 is 0. The number of ether oxygens (including phenoxy) is 1. The lowest BCUT2D eigenvalue weighted by Crippen LogP contribution is -2.46. The molecule has 0 radical (unpaired) electrons. The second-order valence-corrected chi connectivity index (χ2v) is 9.28. The normalized spacial score (nSPS) is 17.7. The van der Waals surface area contributed by atoms with Gasteiger partial charge in [0.15, 0.2) is 0 Å². The standard InChI is InChI=1S/C28H28N2O4/c1-20-17-21(7-12-25(20)22-5-3-2-4-6-22)18-29-15-13-28(14-16-29)19-30(27(33)34-28)24-10-8-23(9-11-24)26(31)32/h2-12,17H,13-16,18-19H2,1H3,(H,31,32). The molecule has 1 spiro atoms. The monoisotopic (exact) mass is 456 g/mol. The van der Waals surface area contributed by atoms with Crippen LogP contribution in [-0.4, -0.2) is 47.3 Å². The zero-order valence-electron chi connectivity index (χ0n) is 19.2. The summed E-state index contributed by atoms with van der Waals surface area (Å²) in [4.78, 5) is 27.7. The Kier molecular flexibility index (Phi) is 5.84. The van der Waals surface area contributed by atoms with Gasteiger partial charge >= 0.3 is 12.1 Å². The van der Waals surface area contributed by atoms with E-state index in [0.29, 0.717) is 12.2 Å². The number of amides is 1. The van der Waals surface area contributed by atoms with E-state index in [9.17, 15) is 9.59 Å². The van der Waals surface area contributed by atoms with Crippen LogP contribution in [0.15, 0.2) is 72.8 Å². The first-order chi connectivity index (χ1) is 16.4. The smallest absolute Gasteiger partial charge is 0.415 e. The number of carboxylic acids is 1. The van der Waals surface area contributed by atoms with Crippen LogP contribution in [0.2, 0.25) is 0 Å². The Morgan fingerprint density at radius 1 is 1.00 bits per heavy atom. The van der Waals surface area contributed by atoms with Crippen LogP contribution >= 0.6 is 0 Å². The molecule has 174 valence electrons. The number of aryl methyl sites for hydroxylation is 1. The Bertz CT molecular complexity index is 1200. The van der Waals surface area contributed by atoms with Crippen molar-refractivity contribution < 1.29 is 19.4 Å². The van der Waals surface area contributed by atoms with Gasteiger partial charge in [0.1, 0.15) is 5.60 Å². The van der Waals surface area contributed by atoms with Crippen LogP contribution in [0.4, 0.5) is 10.5 Å². The first kappa shape index (κ1) is 22.2. The second-order valence-electron chi connectivity index (χ2n) is 9.28. The molecular formula is C28H28N2O4. The van der Waals surface area contributed by atoms with Crippen LogP contribution in [0, 0.1) is 6.92 Å². The number of hydrogen-bond acceptors (Lipinski definition) is 4. The van der Waals surface area contributed by atoms with E-state index in [1.807, 2.05) is 6.07 Å². The molecule has 0 saturated carbocycles. The zero-order valence-corrected chi connectivity index (χ0v) is 19.2. The van der Waals surface area contributed by atoms with Crippen LogP contribution in [0.5, 0.6) is 0 Å². The molecule has 34 heavy (non-hydrogen) atoms. The number of carboxylic acid groups (broad SMARTS) is 1. The summed E-state index contributed by atoms with van der Waals surface area (Å²) in [6, 6.07) is 23.5. The van der Waals surface area contributed by atoms with Crippen molar-refractivity contribution in [2.75, 3.05) is 24.5 Å². The third-order valence-corrected chi connectivity index (χ3v) is 6.95. The van der Waals surface area contributed by atoms with Crippen molar-refractivity contribution in [3.05, 3.63) is 89.5 Å². The van der Waals surface area contributed by atoms with E-state index < -0.39 is 11.6 Å². The fourth-order valence-electron chi connectivity index (χ4n) is 5.01. The van der Waals surface area contributed by atoms with Gasteiger partial charge in [-0.3, -0.25) is 9.80 Å². The van der Waals surface area contributed by atoms with Crippen LogP contribution in [0.1, 0.15) is 34.3 Å². The van der Waals surface area contributed by atoms with Gasteiger partial charge in [-0.2, -0.15) is 0 Å². The maximum absolute atomic E-state index is 12.6. The van der Waals surface area contributed by atoms with E-state index in [1.165, 1.54) is 34.4 Å². The number of nitrogens with zero attached hydrogens (tertiary/aromatic N) is 2. The number of piperidine rings is 1. The molecular weight excluding hydrogens is 428 g/mol. The summed E-state index contributed by atoms with van der Waals surface area (Å²) in [5, 5.41) is 9.09. The van der Waals surface area contributed by atoms with Crippen LogP contribution in [0.25, 0.3) is 11.1 Å². The molecule has 2 fully saturated rings. The molecule has 5 rings (SSSR count). The Morgan fingerprint density at radius 2 is 1.71 bits per heavy atom. The number of carbonyl (C=O) groups excluding carboxylic acids is 1. The molecule has 6 nitrogen and oxygen atoms in total. The minimum atomic E-state index is -0.982. The second kappa shape index (κ2) is 8.95. The summed E-state index contributed by atoms with van der Waals surface area (Å²) < 4.78 is 5.86. The molecule has 3 aromatic carbocycles. The summed E-state index contributed by atoms with van der Waals surface area (Å²) in [6.45, 7) is 5.25. The molecule has 6 heteroatoms. The van der Waals surface area contributed by atoms with Crippen molar-refractivity contribution in [2.45, 2.75) is 31.9 Å². The Labute approximate surface area is 199 Å². The van der Waals surface area contributed by atoms with Gasteiger partial charge in [-0.15, -0.1) is 0 Å². The highest BCUT2D eigenvalue weighted by atomic mass is 16.6. The number of rotatable bonds is 5. The molecule has 0 bridgehead atoms. The minimum absolute atomic E-state index is 0.200. The maximum atomic E-state index is 12.6. The zero-order chi connectivity index (χ0) is 23.7. The summed E-state index contributed by atoms with van der Waals surface area (Å²) in [6.07, 6.45) is 1.20. The number of likely N-dealkylation sites (tertiary alicyclic amines) is 1. The minimum Gasteiger partial charge on any atom is -0.478 e. The molecule has 1 amide bonds. The highest BCUT2D eigenvalue weighted by Gasteiger charge is 2.47. The molecule has 0 aromatic heterocycles. The fraction of sp³-hybridized carbons (Fsp3) is 0.286. The van der Waals surface area contributed by atoms with Gasteiger partial charge in [0.2, 0.25) is 0 Å². The average molecular weight is 457 g/mol. The molecule has 3 aromatic rings. The van der Waals surface area contributed by atoms with Crippen molar-refractivity contribution in [1.82, 2.24) is 4.90 Å². The van der Waals surface area contributed by atoms with Crippen LogP contribution < -0.4 is 4.90 Å². The first-order valence-electron chi connectivity index (χ1n) is 11.6. The van der Waals surface area contributed by atoms with Gasteiger partial charge in [-0.05, 0) is 53.4 Å². The van der Waals surface area contributed by atoms with Crippen molar-refractivity contribution in [1.29, 1.82) is 0 Å². The SMILES string of the molecule is Cc1cc(CN2CCC3(CC2)CN(c2ccc(C(=O)O)cc2)C(=O)O3)ccc1-c1ccccc1. The largest absolute Gasteiger partial charge is 0.478 e. The van der Waals surface area contributed by atoms with Crippen molar-refractivity contribution in [2.24, 2.45) is 0 Å². The van der Waals surface area contributed by atoms with E-state index in [-0.39, 0.29) is 11.7 Å². The van der Waals surface area contributed by atoms with Gasteiger partial charge in [-0.1, -0.05) is 48.5 Å². The van der Waals surface area contributed by atoms with Gasteiger partial charge in [0.05, 0.1) is 12.1 Å².